The number of thiophene rings is 1. The molecule has 0 amide bonds. The van der Waals surface area contributed by atoms with Crippen LogP contribution in [0.2, 0.25) is 0 Å². The number of nitrogens with two attached hydrogens (primary N) is 1. The summed E-state index contributed by atoms with van der Waals surface area (Å²) >= 11 is 1.72. The van der Waals surface area contributed by atoms with Crippen LogP contribution in [0.4, 0.5) is 0 Å². The molecule has 0 saturated heterocycles. The Morgan fingerprint density at radius 2 is 2.10 bits per heavy atom. The van der Waals surface area contributed by atoms with Crippen LogP contribution in [0.3, 0.4) is 0 Å². The van der Waals surface area contributed by atoms with Gasteiger partial charge in [-0.25, -0.2) is 0 Å². The number of fused-ring (bicyclic) bond motifs is 1. The Morgan fingerprint density at radius 3 is 2.81 bits per heavy atom. The van der Waals surface area contributed by atoms with E-state index in [0.717, 1.165) is 30.6 Å². The number of hydrogen-bond donors (Lipinski definition) is 2. The van der Waals surface area contributed by atoms with E-state index in [0.29, 0.717) is 6.54 Å². The van der Waals surface area contributed by atoms with Crippen LogP contribution in [0.5, 0.6) is 0 Å². The summed E-state index contributed by atoms with van der Waals surface area (Å²) in [5.41, 5.74) is 8.44. The largest absolute Gasteiger partial charge is 0.387 e. The van der Waals surface area contributed by atoms with Gasteiger partial charge in [-0.1, -0.05) is 31.2 Å². The van der Waals surface area contributed by atoms with Gasteiger partial charge < -0.3 is 10.8 Å². The Bertz CT molecular complexity index is 621. The molecule has 1 aromatic carbocycles. The van der Waals surface area contributed by atoms with Crippen molar-refractivity contribution in [1.29, 1.82) is 0 Å². The van der Waals surface area contributed by atoms with Gasteiger partial charge in [0.25, 0.3) is 0 Å². The predicted octanol–water partition coefficient (Wildman–Crippen LogP) is 3.58. The molecule has 0 spiro atoms. The molecule has 0 bridgehead atoms. The summed E-state index contributed by atoms with van der Waals surface area (Å²) in [5.74, 6) is 0. The first kappa shape index (κ1) is 14.8. The Labute approximate surface area is 130 Å². The third-order valence-electron chi connectivity index (χ3n) is 4.81. The fraction of sp³-hybridized carbons (Fsp3) is 0.444. The van der Waals surface area contributed by atoms with Crippen LogP contribution in [-0.2, 0) is 18.3 Å². The molecule has 0 fully saturated rings. The monoisotopic (exact) mass is 301 g/mol. The van der Waals surface area contributed by atoms with E-state index in [1.54, 1.807) is 11.3 Å². The first-order chi connectivity index (χ1) is 10.2. The summed E-state index contributed by atoms with van der Waals surface area (Å²) in [6, 6.07) is 12.7. The lowest BCUT2D eigenvalue weighted by molar-refractivity contribution is 0.0748. The van der Waals surface area contributed by atoms with E-state index in [1.165, 1.54) is 16.0 Å². The molecule has 2 unspecified atom stereocenters. The zero-order valence-electron chi connectivity index (χ0n) is 12.5. The second-order valence-corrected chi connectivity index (χ2v) is 7.13. The molecule has 2 atom stereocenters. The van der Waals surface area contributed by atoms with E-state index in [4.69, 9.17) is 5.73 Å². The minimum Gasteiger partial charge on any atom is -0.387 e. The van der Waals surface area contributed by atoms with Gasteiger partial charge in [0.2, 0.25) is 0 Å². The van der Waals surface area contributed by atoms with Crippen molar-refractivity contribution >= 4 is 11.3 Å². The molecule has 3 rings (SSSR count). The SMILES string of the molecule is CCc1ccc(C(O)C2(CN)CCCc3ccccc32)s1. The lowest BCUT2D eigenvalue weighted by atomic mass is 9.66. The van der Waals surface area contributed by atoms with Gasteiger partial charge in [0, 0.05) is 21.7 Å². The van der Waals surface area contributed by atoms with E-state index in [-0.39, 0.29) is 5.41 Å². The molecule has 0 radical (unpaired) electrons. The van der Waals surface area contributed by atoms with Crippen LogP contribution in [0.1, 0.15) is 46.8 Å². The lowest BCUT2D eigenvalue weighted by Crippen LogP contribution is -2.43. The minimum atomic E-state index is -0.505. The van der Waals surface area contributed by atoms with Crippen molar-refractivity contribution < 1.29 is 5.11 Å². The highest BCUT2D eigenvalue weighted by Crippen LogP contribution is 2.46. The van der Waals surface area contributed by atoms with Crippen LogP contribution < -0.4 is 5.73 Å². The third kappa shape index (κ3) is 2.44. The summed E-state index contributed by atoms with van der Waals surface area (Å²) in [4.78, 5) is 2.37. The molecule has 1 aromatic heterocycles. The quantitative estimate of drug-likeness (QED) is 0.906. The summed E-state index contributed by atoms with van der Waals surface area (Å²) in [7, 11) is 0. The molecule has 1 aliphatic rings. The van der Waals surface area contributed by atoms with Crippen LogP contribution in [0.25, 0.3) is 0 Å². The van der Waals surface area contributed by atoms with Crippen molar-refractivity contribution in [3.63, 3.8) is 0 Å². The average molecular weight is 301 g/mol. The molecular weight excluding hydrogens is 278 g/mol. The molecule has 112 valence electrons. The smallest absolute Gasteiger partial charge is 0.0990 e. The maximum absolute atomic E-state index is 11.1. The third-order valence-corrected chi connectivity index (χ3v) is 6.09. The molecule has 0 saturated carbocycles. The average Bonchev–Trinajstić information content (AvgIpc) is 3.02. The molecule has 2 aromatic rings. The molecule has 0 aliphatic heterocycles. The van der Waals surface area contributed by atoms with Crippen molar-refractivity contribution in [1.82, 2.24) is 0 Å². The minimum absolute atomic E-state index is 0.329. The normalized spacial score (nSPS) is 22.8. The Kier molecular flexibility index (Phi) is 4.16. The summed E-state index contributed by atoms with van der Waals surface area (Å²) < 4.78 is 0. The number of hydrogen-bond acceptors (Lipinski definition) is 3. The van der Waals surface area contributed by atoms with Gasteiger partial charge in [0.15, 0.2) is 0 Å². The maximum atomic E-state index is 11.1. The van der Waals surface area contributed by atoms with Crippen molar-refractivity contribution in [2.75, 3.05) is 6.54 Å². The van der Waals surface area contributed by atoms with Gasteiger partial charge in [-0.15, -0.1) is 11.3 Å². The number of aliphatic hydroxyl groups is 1. The molecule has 3 N–H and O–H groups in total. The van der Waals surface area contributed by atoms with Crippen LogP contribution in [-0.4, -0.2) is 11.7 Å². The van der Waals surface area contributed by atoms with Gasteiger partial charge in [-0.2, -0.15) is 0 Å². The molecule has 3 heteroatoms. The molecular formula is C18H23NOS. The predicted molar refractivity (Wildman–Crippen MR) is 88.8 cm³/mol. The Hall–Kier alpha value is -1.16. The van der Waals surface area contributed by atoms with E-state index >= 15 is 0 Å². The highest BCUT2D eigenvalue weighted by molar-refractivity contribution is 7.12. The first-order valence-corrected chi connectivity index (χ1v) is 8.58. The van der Waals surface area contributed by atoms with Crippen molar-refractivity contribution in [2.24, 2.45) is 5.73 Å². The van der Waals surface area contributed by atoms with Gasteiger partial charge >= 0.3 is 0 Å². The molecule has 1 aliphatic carbocycles. The van der Waals surface area contributed by atoms with Crippen molar-refractivity contribution in [3.05, 3.63) is 57.3 Å². The van der Waals surface area contributed by atoms with Crippen LogP contribution in [0.15, 0.2) is 36.4 Å². The zero-order chi connectivity index (χ0) is 14.9. The number of aliphatic hydroxyl groups excluding tert-OH is 1. The van der Waals surface area contributed by atoms with Gasteiger partial charge in [0.05, 0.1) is 6.10 Å². The first-order valence-electron chi connectivity index (χ1n) is 7.76. The summed E-state index contributed by atoms with van der Waals surface area (Å²) in [5, 5.41) is 11.1. The second-order valence-electron chi connectivity index (χ2n) is 5.93. The summed E-state index contributed by atoms with van der Waals surface area (Å²) in [6.07, 6.45) is 3.66. The van der Waals surface area contributed by atoms with Crippen LogP contribution >= 0.6 is 11.3 Å². The zero-order valence-corrected chi connectivity index (χ0v) is 13.3. The molecule has 2 nitrogen and oxygen atoms in total. The fourth-order valence-corrected chi connectivity index (χ4v) is 4.62. The van der Waals surface area contributed by atoms with Crippen molar-refractivity contribution in [3.8, 4) is 0 Å². The Morgan fingerprint density at radius 1 is 1.29 bits per heavy atom. The van der Waals surface area contributed by atoms with Gasteiger partial charge in [-0.05, 0) is 48.9 Å². The Balaban J connectivity index is 2.04. The lowest BCUT2D eigenvalue weighted by Gasteiger charge is -2.41. The van der Waals surface area contributed by atoms with Crippen LogP contribution in [0, 0.1) is 0 Å². The van der Waals surface area contributed by atoms with Crippen molar-refractivity contribution in [2.45, 2.75) is 44.1 Å². The molecule has 21 heavy (non-hydrogen) atoms. The number of aryl methyl sites for hydroxylation is 2. The number of rotatable bonds is 4. The highest BCUT2D eigenvalue weighted by Gasteiger charge is 2.42. The van der Waals surface area contributed by atoms with Gasteiger partial charge in [-0.3, -0.25) is 0 Å². The van der Waals surface area contributed by atoms with E-state index < -0.39 is 6.10 Å². The van der Waals surface area contributed by atoms with E-state index in [1.807, 2.05) is 0 Å². The van der Waals surface area contributed by atoms with E-state index in [9.17, 15) is 5.11 Å². The molecule has 1 heterocycles. The van der Waals surface area contributed by atoms with Gasteiger partial charge in [0.1, 0.15) is 0 Å². The topological polar surface area (TPSA) is 46.2 Å². The standard InChI is InChI=1S/C18H23NOS/c1-2-14-9-10-16(21-14)17(20)18(12-19)11-5-7-13-6-3-4-8-15(13)18/h3-4,6,8-10,17,20H,2,5,7,11-12,19H2,1H3. The highest BCUT2D eigenvalue weighted by atomic mass is 32.1. The maximum Gasteiger partial charge on any atom is 0.0990 e. The van der Waals surface area contributed by atoms with E-state index in [2.05, 4.69) is 43.3 Å². The summed E-state index contributed by atoms with van der Waals surface area (Å²) in [6.45, 7) is 2.64. The fourth-order valence-electron chi connectivity index (χ4n) is 3.56. The second kappa shape index (κ2) is 5.91. The number of benzene rings is 1.